The summed E-state index contributed by atoms with van der Waals surface area (Å²) in [5, 5.41) is 3.55. The second-order valence-corrected chi connectivity index (χ2v) is 5.17. The van der Waals surface area contributed by atoms with Gasteiger partial charge in [-0.15, -0.1) is 0 Å². The zero-order chi connectivity index (χ0) is 13.9. The van der Waals surface area contributed by atoms with Crippen molar-refractivity contribution in [2.75, 3.05) is 0 Å². The van der Waals surface area contributed by atoms with E-state index in [1.807, 2.05) is 39.8 Å². The number of halogens is 1. The van der Waals surface area contributed by atoms with Gasteiger partial charge in [-0.25, -0.2) is 0 Å². The van der Waals surface area contributed by atoms with E-state index in [4.69, 9.17) is 16.3 Å². The number of carbonyl (C=O) groups excluding carboxylic acids is 1. The van der Waals surface area contributed by atoms with Gasteiger partial charge in [-0.05, 0) is 57.9 Å². The number of hydrogen-bond donors (Lipinski definition) is 1. The van der Waals surface area contributed by atoms with E-state index in [1.165, 1.54) is 0 Å². The maximum absolute atomic E-state index is 11.7. The number of rotatable bonds is 4. The third-order valence-corrected chi connectivity index (χ3v) is 3.12. The Labute approximate surface area is 113 Å². The van der Waals surface area contributed by atoms with E-state index in [0.717, 1.165) is 16.1 Å². The van der Waals surface area contributed by atoms with Crippen LogP contribution in [0.2, 0.25) is 5.02 Å². The van der Waals surface area contributed by atoms with Crippen LogP contribution in [0.4, 0.5) is 0 Å². The first kappa shape index (κ1) is 14.8. The zero-order valence-electron chi connectivity index (χ0n) is 11.5. The van der Waals surface area contributed by atoms with Gasteiger partial charge < -0.3 is 10.1 Å². The maximum Gasteiger partial charge on any atom is 0.260 e. The van der Waals surface area contributed by atoms with Gasteiger partial charge in [-0.3, -0.25) is 4.79 Å². The molecule has 0 saturated carbocycles. The molecule has 0 unspecified atom stereocenters. The molecule has 0 spiro atoms. The number of hydrogen-bond acceptors (Lipinski definition) is 2. The topological polar surface area (TPSA) is 38.3 Å². The summed E-state index contributed by atoms with van der Waals surface area (Å²) >= 11 is 6.08. The van der Waals surface area contributed by atoms with Gasteiger partial charge in [0.05, 0.1) is 0 Å². The molecular weight excluding hydrogens is 250 g/mol. The molecule has 0 heterocycles. The highest BCUT2D eigenvalue weighted by Gasteiger charge is 2.16. The Kier molecular flexibility index (Phi) is 5.03. The molecule has 1 atom stereocenters. The lowest BCUT2D eigenvalue weighted by Gasteiger charge is -2.17. The molecule has 0 fully saturated rings. The summed E-state index contributed by atoms with van der Waals surface area (Å²) in [5.74, 6) is 0.552. The first-order valence-electron chi connectivity index (χ1n) is 6.05. The van der Waals surface area contributed by atoms with E-state index >= 15 is 0 Å². The van der Waals surface area contributed by atoms with Crippen LogP contribution in [0.5, 0.6) is 5.75 Å². The number of carbonyl (C=O) groups is 1. The Morgan fingerprint density at radius 1 is 1.22 bits per heavy atom. The number of benzene rings is 1. The van der Waals surface area contributed by atoms with Gasteiger partial charge in [0, 0.05) is 11.1 Å². The molecule has 1 aromatic carbocycles. The second-order valence-electron chi connectivity index (χ2n) is 4.79. The Bertz CT molecular complexity index is 420. The van der Waals surface area contributed by atoms with E-state index in [2.05, 4.69) is 5.32 Å². The van der Waals surface area contributed by atoms with Crippen LogP contribution < -0.4 is 10.1 Å². The molecule has 1 rings (SSSR count). The molecular formula is C14H20ClNO2. The molecule has 100 valence electrons. The van der Waals surface area contributed by atoms with E-state index in [1.54, 1.807) is 6.92 Å². The minimum absolute atomic E-state index is 0.109. The zero-order valence-corrected chi connectivity index (χ0v) is 12.3. The van der Waals surface area contributed by atoms with Crippen LogP contribution in [0.25, 0.3) is 0 Å². The summed E-state index contributed by atoms with van der Waals surface area (Å²) in [6, 6.07) is 3.79. The summed E-state index contributed by atoms with van der Waals surface area (Å²) < 4.78 is 5.62. The van der Waals surface area contributed by atoms with Crippen molar-refractivity contribution in [2.24, 2.45) is 0 Å². The third kappa shape index (κ3) is 3.91. The van der Waals surface area contributed by atoms with Crippen molar-refractivity contribution in [3.8, 4) is 5.75 Å². The largest absolute Gasteiger partial charge is 0.481 e. The Balaban J connectivity index is 2.76. The monoisotopic (exact) mass is 269 g/mol. The normalized spacial score (nSPS) is 12.4. The lowest BCUT2D eigenvalue weighted by atomic mass is 10.1. The van der Waals surface area contributed by atoms with Crippen molar-refractivity contribution >= 4 is 17.5 Å². The van der Waals surface area contributed by atoms with Gasteiger partial charge in [0.2, 0.25) is 0 Å². The van der Waals surface area contributed by atoms with E-state index < -0.39 is 6.10 Å². The van der Waals surface area contributed by atoms with Crippen molar-refractivity contribution in [3.05, 3.63) is 28.3 Å². The summed E-state index contributed by atoms with van der Waals surface area (Å²) in [7, 11) is 0. The highest BCUT2D eigenvalue weighted by atomic mass is 35.5. The van der Waals surface area contributed by atoms with E-state index in [0.29, 0.717) is 5.75 Å². The molecule has 1 amide bonds. The number of ether oxygens (including phenoxy) is 1. The van der Waals surface area contributed by atoms with Gasteiger partial charge in [0.1, 0.15) is 5.75 Å². The minimum Gasteiger partial charge on any atom is -0.481 e. The minimum atomic E-state index is -0.521. The Morgan fingerprint density at radius 2 is 1.72 bits per heavy atom. The maximum atomic E-state index is 11.7. The lowest BCUT2D eigenvalue weighted by molar-refractivity contribution is -0.127. The van der Waals surface area contributed by atoms with Gasteiger partial charge in [-0.1, -0.05) is 11.6 Å². The predicted octanol–water partition coefficient (Wildman–Crippen LogP) is 3.25. The van der Waals surface area contributed by atoms with Crippen molar-refractivity contribution in [2.45, 2.75) is 46.8 Å². The fraction of sp³-hybridized carbons (Fsp3) is 0.500. The van der Waals surface area contributed by atoms with Crippen LogP contribution in [0.1, 0.15) is 31.9 Å². The van der Waals surface area contributed by atoms with Crippen LogP contribution in [-0.4, -0.2) is 18.1 Å². The van der Waals surface area contributed by atoms with Gasteiger partial charge >= 0.3 is 0 Å². The number of nitrogens with one attached hydrogen (secondary N) is 1. The summed E-state index contributed by atoms with van der Waals surface area (Å²) in [4.78, 5) is 11.7. The molecule has 4 heteroatoms. The average molecular weight is 270 g/mol. The molecule has 0 bridgehead atoms. The second kappa shape index (κ2) is 6.10. The number of aryl methyl sites for hydroxylation is 2. The van der Waals surface area contributed by atoms with Crippen LogP contribution >= 0.6 is 11.6 Å². The summed E-state index contributed by atoms with van der Waals surface area (Å²) in [5.41, 5.74) is 1.89. The lowest BCUT2D eigenvalue weighted by Crippen LogP contribution is -2.40. The Morgan fingerprint density at radius 3 is 2.17 bits per heavy atom. The molecule has 0 aliphatic rings. The quantitative estimate of drug-likeness (QED) is 0.911. The molecule has 18 heavy (non-hydrogen) atoms. The first-order chi connectivity index (χ1) is 8.31. The SMILES string of the molecule is Cc1cc(O[C@H](C)C(=O)NC(C)C)cc(C)c1Cl. The van der Waals surface area contributed by atoms with Crippen LogP contribution in [-0.2, 0) is 4.79 Å². The fourth-order valence-electron chi connectivity index (χ4n) is 1.63. The summed E-state index contributed by atoms with van der Waals surface area (Å²) in [6.07, 6.45) is -0.521. The van der Waals surface area contributed by atoms with Crippen LogP contribution in [0, 0.1) is 13.8 Å². The highest BCUT2D eigenvalue weighted by molar-refractivity contribution is 6.32. The molecule has 0 aliphatic carbocycles. The number of amides is 1. The highest BCUT2D eigenvalue weighted by Crippen LogP contribution is 2.26. The average Bonchev–Trinajstić information content (AvgIpc) is 2.24. The standard InChI is InChI=1S/C14H20ClNO2/c1-8(2)16-14(17)11(5)18-12-6-9(3)13(15)10(4)7-12/h6-8,11H,1-5H3,(H,16,17)/t11-/m1/s1. The molecule has 3 nitrogen and oxygen atoms in total. The van der Waals surface area contributed by atoms with Crippen molar-refractivity contribution in [3.63, 3.8) is 0 Å². The van der Waals surface area contributed by atoms with E-state index in [9.17, 15) is 4.79 Å². The van der Waals surface area contributed by atoms with Crippen molar-refractivity contribution in [1.29, 1.82) is 0 Å². The van der Waals surface area contributed by atoms with Crippen LogP contribution in [0.3, 0.4) is 0 Å². The summed E-state index contributed by atoms with van der Waals surface area (Å²) in [6.45, 7) is 9.40. The smallest absolute Gasteiger partial charge is 0.260 e. The van der Waals surface area contributed by atoms with Crippen molar-refractivity contribution in [1.82, 2.24) is 5.32 Å². The predicted molar refractivity (Wildman–Crippen MR) is 74.3 cm³/mol. The molecule has 0 radical (unpaired) electrons. The fourth-order valence-corrected chi connectivity index (χ4v) is 1.74. The molecule has 1 N–H and O–H groups in total. The van der Waals surface area contributed by atoms with Gasteiger partial charge in [0.15, 0.2) is 6.10 Å². The first-order valence-corrected chi connectivity index (χ1v) is 6.42. The molecule has 0 saturated heterocycles. The molecule has 0 aliphatic heterocycles. The molecule has 0 aromatic heterocycles. The molecule has 1 aromatic rings. The van der Waals surface area contributed by atoms with Crippen LogP contribution in [0.15, 0.2) is 12.1 Å². The van der Waals surface area contributed by atoms with E-state index in [-0.39, 0.29) is 11.9 Å². The van der Waals surface area contributed by atoms with Gasteiger partial charge in [0.25, 0.3) is 5.91 Å². The van der Waals surface area contributed by atoms with Gasteiger partial charge in [-0.2, -0.15) is 0 Å². The Hall–Kier alpha value is -1.22. The third-order valence-electron chi connectivity index (χ3n) is 2.52. The van der Waals surface area contributed by atoms with Crippen molar-refractivity contribution < 1.29 is 9.53 Å².